The number of aromatic nitrogens is 3. The van der Waals surface area contributed by atoms with Gasteiger partial charge in [-0.3, -0.25) is 9.55 Å². The number of para-hydroxylation sites is 1. The molecule has 0 aliphatic carbocycles. The molecule has 0 bridgehead atoms. The van der Waals surface area contributed by atoms with E-state index in [0.29, 0.717) is 11.4 Å². The quantitative estimate of drug-likeness (QED) is 0.139. The average Bonchev–Trinajstić information content (AvgIpc) is 3.76. The van der Waals surface area contributed by atoms with Crippen molar-refractivity contribution in [2.75, 3.05) is 0 Å². The fraction of sp³-hybridized carbons (Fsp3) is 0.169. The fourth-order valence-corrected chi connectivity index (χ4v) is 9.62. The Morgan fingerprint density at radius 2 is 1.14 bits per heavy atom. The minimum Gasteiger partial charge on any atom is -0.507 e. The fourth-order valence-electron chi connectivity index (χ4n) is 9.62. The third kappa shape index (κ3) is 9.34. The van der Waals surface area contributed by atoms with Gasteiger partial charge in [0.1, 0.15) is 11.6 Å². The molecule has 0 saturated carbocycles. The van der Waals surface area contributed by atoms with Crippen molar-refractivity contribution in [1.29, 1.82) is 0 Å². The van der Waals surface area contributed by atoms with E-state index in [9.17, 15) is 5.11 Å². The Hall–Kier alpha value is -7.13. The predicted octanol–water partition coefficient (Wildman–Crippen LogP) is 17.4. The molecular weight excluding hydrogens is 1030 g/mol. The summed E-state index contributed by atoms with van der Waals surface area (Å²) < 4.78 is 2.30. The van der Waals surface area contributed by atoms with Crippen LogP contribution in [0.15, 0.2) is 188 Å². The topological polar surface area (TPSA) is 50.9 Å². The Morgan fingerprint density at radius 1 is 0.529 bits per heavy atom. The van der Waals surface area contributed by atoms with Gasteiger partial charge in [-0.25, -0.2) is 4.98 Å². The molecule has 4 nitrogen and oxygen atoms in total. The molecule has 0 radical (unpaired) electrons. The molecule has 10 aromatic rings. The van der Waals surface area contributed by atoms with Crippen LogP contribution in [0, 0.1) is 13.0 Å². The van der Waals surface area contributed by atoms with Crippen LogP contribution in [-0.2, 0) is 26.5 Å². The summed E-state index contributed by atoms with van der Waals surface area (Å²) in [5.74, 6) is 1.23. The SMILES string of the molecule is Cc1ccc(-c2ccnc(-c3[c-]c(-c4cccc5c4nc(-c4cc(C(C)C)cc(C(C)C)c4O)n5-c4cc(-c5ccccc5)c(C(C)(C)C)cc4-c4ccccc4)cc(-c4ccccc4)c3)c2)cc1.[Pt]. The van der Waals surface area contributed by atoms with Crippen molar-refractivity contribution in [3.8, 4) is 89.7 Å². The third-order valence-electron chi connectivity index (χ3n) is 13.4. The number of hydrogen-bond donors (Lipinski definition) is 1. The number of nitrogens with zero attached hydrogens (tertiary/aromatic N) is 3. The zero-order valence-corrected chi connectivity index (χ0v) is 43.4. The Kier molecular flexibility index (Phi) is 13.5. The summed E-state index contributed by atoms with van der Waals surface area (Å²) in [4.78, 5) is 10.7. The van der Waals surface area contributed by atoms with Crippen LogP contribution < -0.4 is 0 Å². The van der Waals surface area contributed by atoms with Crippen molar-refractivity contribution < 1.29 is 26.2 Å². The van der Waals surface area contributed by atoms with Gasteiger partial charge in [0.15, 0.2) is 0 Å². The van der Waals surface area contributed by atoms with E-state index in [-0.39, 0.29) is 44.1 Å². The summed E-state index contributed by atoms with van der Waals surface area (Å²) in [6, 6.07) is 68.6. The van der Waals surface area contributed by atoms with Gasteiger partial charge < -0.3 is 5.11 Å². The van der Waals surface area contributed by atoms with Crippen LogP contribution in [0.5, 0.6) is 5.75 Å². The van der Waals surface area contributed by atoms with Crippen molar-refractivity contribution in [3.63, 3.8) is 0 Å². The largest absolute Gasteiger partial charge is 0.507 e. The third-order valence-corrected chi connectivity index (χ3v) is 13.4. The molecule has 70 heavy (non-hydrogen) atoms. The predicted molar refractivity (Wildman–Crippen MR) is 289 cm³/mol. The Balaban J connectivity index is 0.00000608. The van der Waals surface area contributed by atoms with Crippen molar-refractivity contribution in [2.24, 2.45) is 0 Å². The molecule has 2 heterocycles. The standard InChI is InChI=1S/C65H58N3O.Pt/c1-41(2)49-36-54(42(3)4)63(69)57(37-49)64-67-62-53(51-33-50(44-19-12-9-13-20-44)34-52(35-51)59-38-48(31-32-66-59)45-29-27-43(5)28-30-45)25-18-26-60(62)68(64)61-40-55(46-21-14-10-15-22-46)58(65(6,7)8)39-56(61)47-23-16-11-17-24-47;/h9-34,36-42,69H,1-8H3;/q-1;. The first-order valence-corrected chi connectivity index (χ1v) is 24.2. The number of pyridine rings is 1. The molecule has 8 aromatic carbocycles. The average molecular weight is 1090 g/mol. The van der Waals surface area contributed by atoms with Crippen LogP contribution >= 0.6 is 0 Å². The maximum atomic E-state index is 12.5. The van der Waals surface area contributed by atoms with E-state index in [0.717, 1.165) is 94.7 Å². The summed E-state index contributed by atoms with van der Waals surface area (Å²) in [7, 11) is 0. The summed E-state index contributed by atoms with van der Waals surface area (Å²) >= 11 is 0. The first-order chi connectivity index (χ1) is 33.3. The zero-order valence-electron chi connectivity index (χ0n) is 41.2. The van der Waals surface area contributed by atoms with E-state index in [1.54, 1.807) is 0 Å². The van der Waals surface area contributed by atoms with E-state index < -0.39 is 0 Å². The van der Waals surface area contributed by atoms with Crippen molar-refractivity contribution in [3.05, 3.63) is 217 Å². The molecule has 1 N–H and O–H groups in total. The summed E-state index contributed by atoms with van der Waals surface area (Å²) in [6.45, 7) is 17.7. The molecule has 2 aromatic heterocycles. The second-order valence-electron chi connectivity index (χ2n) is 20.0. The minimum absolute atomic E-state index is 0. The zero-order chi connectivity index (χ0) is 48.0. The molecule has 0 aliphatic rings. The molecule has 0 saturated heterocycles. The Morgan fingerprint density at radius 3 is 1.77 bits per heavy atom. The van der Waals surface area contributed by atoms with Crippen LogP contribution in [0.3, 0.4) is 0 Å². The van der Waals surface area contributed by atoms with Gasteiger partial charge in [0, 0.05) is 38.5 Å². The smallest absolute Gasteiger partial charge is 0.148 e. The van der Waals surface area contributed by atoms with E-state index in [2.05, 4.69) is 248 Å². The molecule has 5 heteroatoms. The van der Waals surface area contributed by atoms with Crippen molar-refractivity contribution >= 4 is 11.0 Å². The normalized spacial score (nSPS) is 11.6. The molecule has 10 rings (SSSR count). The van der Waals surface area contributed by atoms with E-state index in [4.69, 9.17) is 9.97 Å². The number of aryl methyl sites for hydroxylation is 1. The maximum absolute atomic E-state index is 12.5. The molecular formula is C65H58N3OPt-. The first kappa shape index (κ1) is 47.9. The second-order valence-corrected chi connectivity index (χ2v) is 20.0. The van der Waals surface area contributed by atoms with Crippen LogP contribution in [0.2, 0.25) is 0 Å². The number of phenols is 1. The van der Waals surface area contributed by atoms with Gasteiger partial charge in [0.25, 0.3) is 0 Å². The van der Waals surface area contributed by atoms with Gasteiger partial charge in [0.05, 0.1) is 22.3 Å². The van der Waals surface area contributed by atoms with E-state index in [1.165, 1.54) is 11.1 Å². The summed E-state index contributed by atoms with van der Waals surface area (Å²) in [6.07, 6.45) is 1.89. The molecule has 0 amide bonds. The number of hydrogen-bond acceptors (Lipinski definition) is 3. The van der Waals surface area contributed by atoms with Gasteiger partial charge in [0.2, 0.25) is 0 Å². The number of aromatic hydroxyl groups is 1. The maximum Gasteiger partial charge on any atom is 0.148 e. The minimum atomic E-state index is -0.178. The summed E-state index contributed by atoms with van der Waals surface area (Å²) in [5, 5.41) is 12.5. The van der Waals surface area contributed by atoms with Gasteiger partial charge in [-0.2, -0.15) is 0 Å². The Bertz CT molecular complexity index is 3480. The molecule has 0 atom stereocenters. The molecule has 0 unspecified atom stereocenters. The number of imidazole rings is 1. The van der Waals surface area contributed by atoms with Crippen molar-refractivity contribution in [2.45, 2.75) is 72.6 Å². The summed E-state index contributed by atoms with van der Waals surface area (Å²) in [5.41, 5.74) is 20.1. The van der Waals surface area contributed by atoms with E-state index in [1.807, 2.05) is 6.20 Å². The second kappa shape index (κ2) is 19.7. The molecule has 350 valence electrons. The Labute approximate surface area is 428 Å². The molecule has 0 fully saturated rings. The van der Waals surface area contributed by atoms with Gasteiger partial charge in [-0.1, -0.05) is 210 Å². The molecule has 0 aliphatic heterocycles. The van der Waals surface area contributed by atoms with Gasteiger partial charge in [-0.15, -0.1) is 23.8 Å². The number of phenolic OH excluding ortho intramolecular Hbond substituents is 1. The number of benzene rings is 8. The van der Waals surface area contributed by atoms with Gasteiger partial charge in [-0.05, 0) is 105 Å². The monoisotopic (exact) mass is 1090 g/mol. The van der Waals surface area contributed by atoms with E-state index >= 15 is 0 Å². The number of rotatable bonds is 10. The molecule has 0 spiro atoms. The van der Waals surface area contributed by atoms with Crippen LogP contribution in [0.1, 0.15) is 82.6 Å². The number of fused-ring (bicyclic) bond motifs is 1. The van der Waals surface area contributed by atoms with Crippen LogP contribution in [0.4, 0.5) is 0 Å². The van der Waals surface area contributed by atoms with Gasteiger partial charge >= 0.3 is 0 Å². The van der Waals surface area contributed by atoms with Crippen molar-refractivity contribution in [1.82, 2.24) is 14.5 Å². The van der Waals surface area contributed by atoms with Crippen LogP contribution in [0.25, 0.3) is 95.0 Å². The van der Waals surface area contributed by atoms with Crippen LogP contribution in [-0.4, -0.2) is 19.6 Å². The first-order valence-electron chi connectivity index (χ1n) is 24.2.